The molecule has 3 rings (SSSR count). The van der Waals surface area contributed by atoms with Gasteiger partial charge in [0.15, 0.2) is 0 Å². The fourth-order valence-electron chi connectivity index (χ4n) is 3.01. The zero-order chi connectivity index (χ0) is 14.8. The first-order chi connectivity index (χ1) is 10.2. The summed E-state index contributed by atoms with van der Waals surface area (Å²) < 4.78 is 1.22. The summed E-state index contributed by atoms with van der Waals surface area (Å²) in [4.78, 5) is 0. The Morgan fingerprint density at radius 2 is 1.81 bits per heavy atom. The number of benzene rings is 2. The molecule has 0 saturated heterocycles. The van der Waals surface area contributed by atoms with E-state index >= 15 is 0 Å². The van der Waals surface area contributed by atoms with Crippen molar-refractivity contribution in [2.75, 3.05) is 0 Å². The van der Waals surface area contributed by atoms with E-state index in [1.807, 2.05) is 0 Å². The van der Waals surface area contributed by atoms with Crippen LogP contribution in [-0.4, -0.2) is 0 Å². The minimum absolute atomic E-state index is 0.514. The molecular weight excluding hydrogens is 320 g/mol. The third kappa shape index (κ3) is 2.98. The molecule has 1 aliphatic rings. The van der Waals surface area contributed by atoms with Gasteiger partial charge in [0.1, 0.15) is 0 Å². The topological polar surface area (TPSA) is 0 Å². The van der Waals surface area contributed by atoms with Gasteiger partial charge in [-0.25, -0.2) is 0 Å². The van der Waals surface area contributed by atoms with Crippen LogP contribution in [0.3, 0.4) is 0 Å². The third-order valence-corrected chi connectivity index (χ3v) is 4.94. The molecule has 0 heterocycles. The second-order valence-electron chi connectivity index (χ2n) is 5.91. The molecule has 1 aliphatic carbocycles. The predicted octanol–water partition coefficient (Wildman–Crippen LogP) is 6.59. The van der Waals surface area contributed by atoms with E-state index in [4.69, 9.17) is 0 Å². The van der Waals surface area contributed by atoms with Gasteiger partial charge >= 0.3 is 0 Å². The molecule has 0 bridgehead atoms. The van der Waals surface area contributed by atoms with Gasteiger partial charge in [0.2, 0.25) is 0 Å². The molecule has 1 atom stereocenters. The molecule has 0 nitrogen and oxygen atoms in total. The Balaban J connectivity index is 1.91. The zero-order valence-electron chi connectivity index (χ0n) is 12.7. The molecule has 2 aromatic carbocycles. The van der Waals surface area contributed by atoms with E-state index in [1.165, 1.54) is 51.6 Å². The van der Waals surface area contributed by atoms with E-state index < -0.39 is 0 Å². The lowest BCUT2D eigenvalue weighted by Crippen LogP contribution is -1.91. The second kappa shape index (κ2) is 6.19. The quantitative estimate of drug-likeness (QED) is 0.588. The number of rotatable bonds is 4. The van der Waals surface area contributed by atoms with Crippen LogP contribution in [0.15, 0.2) is 46.9 Å². The summed E-state index contributed by atoms with van der Waals surface area (Å²) in [6.45, 7) is 4.49. The minimum atomic E-state index is 0.514. The van der Waals surface area contributed by atoms with E-state index in [0.717, 1.165) is 0 Å². The number of halogens is 1. The van der Waals surface area contributed by atoms with E-state index in [-0.39, 0.29) is 0 Å². The minimum Gasteiger partial charge on any atom is -0.0766 e. The first-order valence-electron chi connectivity index (χ1n) is 7.80. The number of allylic oxidation sites excluding steroid dienone is 1. The smallest absolute Gasteiger partial charge is 0.0225 e. The molecule has 0 amide bonds. The van der Waals surface area contributed by atoms with Crippen molar-refractivity contribution in [1.82, 2.24) is 0 Å². The van der Waals surface area contributed by atoms with Crippen LogP contribution in [0.4, 0.5) is 0 Å². The highest BCUT2D eigenvalue weighted by molar-refractivity contribution is 9.10. The fraction of sp³-hybridized carbons (Fsp3) is 0.300. The Morgan fingerprint density at radius 3 is 2.52 bits per heavy atom. The van der Waals surface area contributed by atoms with Crippen molar-refractivity contribution in [3.05, 3.63) is 63.6 Å². The molecule has 0 fully saturated rings. The molecule has 0 N–H and O–H groups in total. The Bertz CT molecular complexity index is 665. The lowest BCUT2D eigenvalue weighted by Gasteiger charge is -2.11. The Labute approximate surface area is 136 Å². The van der Waals surface area contributed by atoms with E-state index in [2.05, 4.69) is 78.3 Å². The number of hydrogen-bond acceptors (Lipinski definition) is 0. The zero-order valence-corrected chi connectivity index (χ0v) is 14.3. The maximum absolute atomic E-state index is 3.74. The van der Waals surface area contributed by atoms with Crippen LogP contribution in [0.25, 0.3) is 17.2 Å². The van der Waals surface area contributed by atoms with Crippen LogP contribution in [-0.2, 0) is 6.42 Å². The second-order valence-corrected chi connectivity index (χ2v) is 6.76. The molecule has 0 radical (unpaired) electrons. The van der Waals surface area contributed by atoms with Gasteiger partial charge in [-0.3, -0.25) is 0 Å². The summed E-state index contributed by atoms with van der Waals surface area (Å²) in [6.07, 6.45) is 8.22. The summed E-state index contributed by atoms with van der Waals surface area (Å²) in [5.74, 6) is 0.514. The van der Waals surface area contributed by atoms with Crippen molar-refractivity contribution in [3.63, 3.8) is 0 Å². The van der Waals surface area contributed by atoms with Crippen LogP contribution in [0.5, 0.6) is 0 Å². The fourth-order valence-corrected chi connectivity index (χ4v) is 3.85. The normalized spacial score (nSPS) is 16.2. The van der Waals surface area contributed by atoms with Crippen molar-refractivity contribution >= 4 is 22.0 Å². The van der Waals surface area contributed by atoms with Gasteiger partial charge in [-0.2, -0.15) is 0 Å². The van der Waals surface area contributed by atoms with E-state index in [0.29, 0.717) is 5.92 Å². The molecule has 0 saturated carbocycles. The van der Waals surface area contributed by atoms with Gasteiger partial charge < -0.3 is 0 Å². The van der Waals surface area contributed by atoms with Crippen LogP contribution in [0.1, 0.15) is 49.3 Å². The van der Waals surface area contributed by atoms with Crippen molar-refractivity contribution in [1.29, 1.82) is 0 Å². The summed E-state index contributed by atoms with van der Waals surface area (Å²) in [7, 11) is 0. The maximum atomic E-state index is 3.74. The highest BCUT2D eigenvalue weighted by atomic mass is 79.9. The Morgan fingerprint density at radius 1 is 1.05 bits per heavy atom. The molecular formula is C20H21Br. The maximum Gasteiger partial charge on any atom is 0.0225 e. The van der Waals surface area contributed by atoms with Crippen molar-refractivity contribution in [3.8, 4) is 11.1 Å². The molecule has 1 heteroatoms. The summed E-state index contributed by atoms with van der Waals surface area (Å²) in [6, 6.07) is 13.6. The lowest BCUT2D eigenvalue weighted by molar-refractivity contribution is 0.795. The first-order valence-corrected chi connectivity index (χ1v) is 8.59. The Kier molecular flexibility index (Phi) is 4.30. The van der Waals surface area contributed by atoms with E-state index in [1.54, 1.807) is 0 Å². The highest BCUT2D eigenvalue weighted by Gasteiger charge is 2.17. The molecule has 0 aliphatic heterocycles. The average Bonchev–Trinajstić information content (AvgIpc) is 2.87. The van der Waals surface area contributed by atoms with E-state index in [9.17, 15) is 0 Å². The van der Waals surface area contributed by atoms with Crippen LogP contribution in [0, 0.1) is 0 Å². The summed E-state index contributed by atoms with van der Waals surface area (Å²) in [5, 5.41) is 0. The monoisotopic (exact) mass is 340 g/mol. The lowest BCUT2D eigenvalue weighted by atomic mass is 9.96. The van der Waals surface area contributed by atoms with Crippen molar-refractivity contribution < 1.29 is 0 Å². The van der Waals surface area contributed by atoms with Gasteiger partial charge in [-0.1, -0.05) is 72.6 Å². The standard InChI is InChI=1S/C20H21Br/c1-3-4-5-15-7-10-16(11-8-15)18-12-17-9-6-14(2)20(17)19(21)13-18/h6-14H,3-5H2,1-2H3. The summed E-state index contributed by atoms with van der Waals surface area (Å²) >= 11 is 3.74. The van der Waals surface area contributed by atoms with Crippen LogP contribution >= 0.6 is 15.9 Å². The van der Waals surface area contributed by atoms with Crippen LogP contribution in [0.2, 0.25) is 0 Å². The van der Waals surface area contributed by atoms with Crippen molar-refractivity contribution in [2.45, 2.75) is 39.0 Å². The number of fused-ring (bicyclic) bond motifs is 1. The van der Waals surface area contributed by atoms with Gasteiger partial charge in [-0.05, 0) is 52.8 Å². The third-order valence-electron chi connectivity index (χ3n) is 4.29. The Hall–Kier alpha value is -1.34. The number of hydrogen-bond donors (Lipinski definition) is 0. The summed E-state index contributed by atoms with van der Waals surface area (Å²) in [5.41, 5.74) is 6.79. The van der Waals surface area contributed by atoms with Crippen LogP contribution < -0.4 is 0 Å². The highest BCUT2D eigenvalue weighted by Crippen LogP contribution is 2.38. The molecule has 0 spiro atoms. The van der Waals surface area contributed by atoms with Gasteiger partial charge in [0, 0.05) is 10.4 Å². The molecule has 2 aromatic rings. The number of unbranched alkanes of at least 4 members (excludes halogenated alkanes) is 1. The first kappa shape index (κ1) is 14.6. The molecule has 0 aromatic heterocycles. The average molecular weight is 341 g/mol. The SMILES string of the molecule is CCCCc1ccc(-c2cc(Br)c3c(c2)C=CC3C)cc1. The molecule has 1 unspecified atom stereocenters. The largest absolute Gasteiger partial charge is 0.0766 e. The van der Waals surface area contributed by atoms with Crippen molar-refractivity contribution in [2.24, 2.45) is 0 Å². The molecule has 108 valence electrons. The van der Waals surface area contributed by atoms with Gasteiger partial charge in [-0.15, -0.1) is 0 Å². The predicted molar refractivity (Wildman–Crippen MR) is 95.6 cm³/mol. The number of aryl methyl sites for hydroxylation is 1. The van der Waals surface area contributed by atoms with Gasteiger partial charge in [0.05, 0.1) is 0 Å². The van der Waals surface area contributed by atoms with Gasteiger partial charge in [0.25, 0.3) is 0 Å². The molecule has 21 heavy (non-hydrogen) atoms.